The molecule has 1 aliphatic carbocycles. The van der Waals surface area contributed by atoms with Crippen LogP contribution in [0.4, 0.5) is 0 Å². The second-order valence-electron chi connectivity index (χ2n) is 5.11. The highest BCUT2D eigenvalue weighted by atomic mass is 16.5. The summed E-state index contributed by atoms with van der Waals surface area (Å²) < 4.78 is 5.48. The summed E-state index contributed by atoms with van der Waals surface area (Å²) in [4.78, 5) is 14.1. The molecule has 1 aromatic rings. The van der Waals surface area contributed by atoms with E-state index < -0.39 is 0 Å². The van der Waals surface area contributed by atoms with Crippen LogP contribution >= 0.6 is 0 Å². The van der Waals surface area contributed by atoms with Gasteiger partial charge in [0.2, 0.25) is 0 Å². The molecule has 1 aromatic carbocycles. The number of para-hydroxylation sites is 1. The van der Waals surface area contributed by atoms with E-state index in [1.165, 1.54) is 0 Å². The van der Waals surface area contributed by atoms with Gasteiger partial charge in [0.05, 0.1) is 18.3 Å². The van der Waals surface area contributed by atoms with Crippen LogP contribution < -0.4 is 4.74 Å². The Kier molecular flexibility index (Phi) is 4.43. The molecule has 1 amide bonds. The molecule has 0 saturated heterocycles. The number of carbonyl (C=O) groups is 1. The van der Waals surface area contributed by atoms with Gasteiger partial charge in [-0.25, -0.2) is 0 Å². The molecule has 0 heterocycles. The third-order valence-corrected chi connectivity index (χ3v) is 3.51. The normalized spacial score (nSPS) is 21.6. The number of benzene rings is 1. The monoisotopic (exact) mass is 263 g/mol. The van der Waals surface area contributed by atoms with Gasteiger partial charge in [0.25, 0.3) is 5.91 Å². The average Bonchev–Trinajstić information content (AvgIpc) is 2.37. The first-order valence-corrected chi connectivity index (χ1v) is 6.77. The standard InChI is InChI=1S/C15H21NO3/c1-3-19-14-7-5-4-6-13(14)15(18)16(2)10-11-8-12(17)9-11/h4-7,11-12,17H,3,8-10H2,1-2H3. The van der Waals surface area contributed by atoms with Crippen molar-refractivity contribution in [3.05, 3.63) is 29.8 Å². The van der Waals surface area contributed by atoms with Crippen molar-refractivity contribution in [1.29, 1.82) is 0 Å². The Bertz CT molecular complexity index is 441. The molecule has 2 rings (SSSR count). The van der Waals surface area contributed by atoms with E-state index in [4.69, 9.17) is 4.74 Å². The Hall–Kier alpha value is -1.55. The molecule has 0 unspecified atom stereocenters. The van der Waals surface area contributed by atoms with E-state index in [0.29, 0.717) is 30.4 Å². The van der Waals surface area contributed by atoms with E-state index in [-0.39, 0.29) is 12.0 Å². The van der Waals surface area contributed by atoms with E-state index in [2.05, 4.69) is 0 Å². The first-order valence-electron chi connectivity index (χ1n) is 6.77. The van der Waals surface area contributed by atoms with Crippen LogP contribution in [0.3, 0.4) is 0 Å². The summed E-state index contributed by atoms with van der Waals surface area (Å²) in [5.41, 5.74) is 0.603. The van der Waals surface area contributed by atoms with Crippen molar-refractivity contribution in [2.75, 3.05) is 20.2 Å². The van der Waals surface area contributed by atoms with Crippen molar-refractivity contribution in [1.82, 2.24) is 4.90 Å². The molecule has 0 radical (unpaired) electrons. The van der Waals surface area contributed by atoms with Crippen molar-refractivity contribution in [3.63, 3.8) is 0 Å². The van der Waals surface area contributed by atoms with Gasteiger partial charge in [0.1, 0.15) is 5.75 Å². The fourth-order valence-corrected chi connectivity index (χ4v) is 2.45. The van der Waals surface area contributed by atoms with E-state index in [1.54, 1.807) is 18.0 Å². The molecular formula is C15H21NO3. The van der Waals surface area contributed by atoms with Gasteiger partial charge in [-0.05, 0) is 37.8 Å². The SMILES string of the molecule is CCOc1ccccc1C(=O)N(C)CC1CC(O)C1. The van der Waals surface area contributed by atoms with Gasteiger partial charge < -0.3 is 14.7 Å². The number of hydrogen-bond acceptors (Lipinski definition) is 3. The van der Waals surface area contributed by atoms with Crippen molar-refractivity contribution >= 4 is 5.91 Å². The molecule has 0 bridgehead atoms. The zero-order chi connectivity index (χ0) is 13.8. The fraction of sp³-hybridized carbons (Fsp3) is 0.533. The van der Waals surface area contributed by atoms with Gasteiger partial charge in [-0.3, -0.25) is 4.79 Å². The molecule has 0 spiro atoms. The smallest absolute Gasteiger partial charge is 0.257 e. The van der Waals surface area contributed by atoms with Crippen LogP contribution in [-0.2, 0) is 0 Å². The number of ether oxygens (including phenoxy) is 1. The molecular weight excluding hydrogens is 242 g/mol. The van der Waals surface area contributed by atoms with Gasteiger partial charge >= 0.3 is 0 Å². The highest BCUT2D eigenvalue weighted by molar-refractivity contribution is 5.96. The number of amides is 1. The minimum atomic E-state index is -0.177. The van der Waals surface area contributed by atoms with Gasteiger partial charge in [-0.2, -0.15) is 0 Å². The summed E-state index contributed by atoms with van der Waals surface area (Å²) in [6, 6.07) is 7.32. The topological polar surface area (TPSA) is 49.8 Å². The molecule has 0 atom stereocenters. The van der Waals surface area contributed by atoms with Crippen molar-refractivity contribution in [3.8, 4) is 5.75 Å². The van der Waals surface area contributed by atoms with Crippen LogP contribution in [0, 0.1) is 5.92 Å². The average molecular weight is 263 g/mol. The Labute approximate surface area is 114 Å². The molecule has 1 fully saturated rings. The van der Waals surface area contributed by atoms with Crippen LogP contribution in [-0.4, -0.2) is 42.2 Å². The van der Waals surface area contributed by atoms with E-state index in [9.17, 15) is 9.90 Å². The summed E-state index contributed by atoms with van der Waals surface area (Å²) in [6.45, 7) is 3.14. The zero-order valence-electron chi connectivity index (χ0n) is 11.5. The molecule has 104 valence electrons. The van der Waals surface area contributed by atoms with Gasteiger partial charge in [0, 0.05) is 13.6 Å². The Morgan fingerprint density at radius 2 is 2.11 bits per heavy atom. The molecule has 0 aromatic heterocycles. The number of hydrogen-bond donors (Lipinski definition) is 1. The lowest BCUT2D eigenvalue weighted by Gasteiger charge is -2.34. The lowest BCUT2D eigenvalue weighted by atomic mass is 9.82. The van der Waals surface area contributed by atoms with E-state index in [0.717, 1.165) is 12.8 Å². The second kappa shape index (κ2) is 6.06. The summed E-state index contributed by atoms with van der Waals surface area (Å²) in [7, 11) is 1.80. The lowest BCUT2D eigenvalue weighted by molar-refractivity contribution is 0.0264. The summed E-state index contributed by atoms with van der Waals surface area (Å²) in [6.07, 6.45) is 1.42. The maximum atomic E-state index is 12.4. The summed E-state index contributed by atoms with van der Waals surface area (Å²) in [5, 5.41) is 9.28. The number of rotatable bonds is 5. The van der Waals surface area contributed by atoms with Crippen LogP contribution in [0.5, 0.6) is 5.75 Å². The molecule has 1 N–H and O–H groups in total. The van der Waals surface area contributed by atoms with Crippen molar-refractivity contribution in [2.45, 2.75) is 25.9 Å². The van der Waals surface area contributed by atoms with E-state index in [1.807, 2.05) is 25.1 Å². The predicted octanol–water partition coefficient (Wildman–Crippen LogP) is 1.93. The van der Waals surface area contributed by atoms with E-state index >= 15 is 0 Å². The summed E-state index contributed by atoms with van der Waals surface area (Å²) >= 11 is 0. The van der Waals surface area contributed by atoms with Crippen LogP contribution in [0.1, 0.15) is 30.1 Å². The maximum Gasteiger partial charge on any atom is 0.257 e. The first-order chi connectivity index (χ1) is 9.11. The third-order valence-electron chi connectivity index (χ3n) is 3.51. The highest BCUT2D eigenvalue weighted by Crippen LogP contribution is 2.28. The molecule has 1 aliphatic rings. The van der Waals surface area contributed by atoms with Crippen LogP contribution in [0.25, 0.3) is 0 Å². The zero-order valence-corrected chi connectivity index (χ0v) is 11.5. The maximum absolute atomic E-state index is 12.4. The largest absolute Gasteiger partial charge is 0.493 e. The quantitative estimate of drug-likeness (QED) is 0.883. The van der Waals surface area contributed by atoms with Crippen LogP contribution in [0.15, 0.2) is 24.3 Å². The second-order valence-corrected chi connectivity index (χ2v) is 5.11. The van der Waals surface area contributed by atoms with Crippen molar-refractivity contribution in [2.24, 2.45) is 5.92 Å². The number of carbonyl (C=O) groups excluding carboxylic acids is 1. The van der Waals surface area contributed by atoms with Gasteiger partial charge in [-0.15, -0.1) is 0 Å². The van der Waals surface area contributed by atoms with Crippen molar-refractivity contribution < 1.29 is 14.6 Å². The minimum absolute atomic E-state index is 0.0227. The van der Waals surface area contributed by atoms with Gasteiger partial charge in [-0.1, -0.05) is 12.1 Å². The number of aliphatic hydroxyl groups excluding tert-OH is 1. The first kappa shape index (κ1) is 13.9. The van der Waals surface area contributed by atoms with Crippen LogP contribution in [0.2, 0.25) is 0 Å². The Morgan fingerprint density at radius 3 is 2.74 bits per heavy atom. The summed E-state index contributed by atoms with van der Waals surface area (Å²) in [5.74, 6) is 1.03. The lowest BCUT2D eigenvalue weighted by Crippen LogP contribution is -2.39. The highest BCUT2D eigenvalue weighted by Gasteiger charge is 2.29. The Balaban J connectivity index is 2.01. The molecule has 4 nitrogen and oxygen atoms in total. The molecule has 0 aliphatic heterocycles. The Morgan fingerprint density at radius 1 is 1.42 bits per heavy atom. The fourth-order valence-electron chi connectivity index (χ4n) is 2.45. The molecule has 4 heteroatoms. The number of aliphatic hydroxyl groups is 1. The third kappa shape index (κ3) is 3.26. The van der Waals surface area contributed by atoms with Gasteiger partial charge in [0.15, 0.2) is 0 Å². The molecule has 19 heavy (non-hydrogen) atoms. The minimum Gasteiger partial charge on any atom is -0.493 e. The predicted molar refractivity (Wildman–Crippen MR) is 73.3 cm³/mol. The number of nitrogens with zero attached hydrogens (tertiary/aromatic N) is 1. The molecule has 1 saturated carbocycles.